The molecule has 1 fully saturated rings. The first-order valence-corrected chi connectivity index (χ1v) is 9.70. The van der Waals surface area contributed by atoms with Crippen LogP contribution in [0.25, 0.3) is 0 Å². The summed E-state index contributed by atoms with van der Waals surface area (Å²) in [5, 5.41) is 8.46. The fraction of sp³-hybridized carbons (Fsp3) is 0.412. The topological polar surface area (TPSA) is 98.0 Å². The second kappa shape index (κ2) is 7.38. The van der Waals surface area contributed by atoms with Gasteiger partial charge in [-0.05, 0) is 49.9 Å². The van der Waals surface area contributed by atoms with Crippen LogP contribution < -0.4 is 10.5 Å². The number of hydrogen-bond donors (Lipinski definition) is 2. The number of sulfonamides is 1. The molecule has 0 bridgehead atoms. The van der Waals surface area contributed by atoms with Gasteiger partial charge in [-0.25, -0.2) is 23.5 Å². The molecular formula is C17H22N4O2S. The summed E-state index contributed by atoms with van der Waals surface area (Å²) in [6.07, 6.45) is 8.09. The molecule has 1 aromatic heterocycles. The molecule has 0 unspecified atom stereocenters. The van der Waals surface area contributed by atoms with Crippen LogP contribution in [0.5, 0.6) is 0 Å². The largest absolute Gasteiger partial charge is 0.313 e. The predicted molar refractivity (Wildman–Crippen MR) is 91.8 cm³/mol. The van der Waals surface area contributed by atoms with Crippen LogP contribution in [0.15, 0.2) is 41.6 Å². The fourth-order valence-corrected chi connectivity index (χ4v) is 3.02. The Morgan fingerprint density at radius 2 is 1.75 bits per heavy atom. The van der Waals surface area contributed by atoms with Gasteiger partial charge in [0.25, 0.3) is 0 Å². The van der Waals surface area contributed by atoms with Crippen LogP contribution in [0.2, 0.25) is 0 Å². The van der Waals surface area contributed by atoms with Crippen molar-refractivity contribution >= 4 is 10.0 Å². The van der Waals surface area contributed by atoms with E-state index in [0.29, 0.717) is 5.92 Å². The number of aryl methyl sites for hydroxylation is 1. The molecule has 6 nitrogen and oxygen atoms in total. The number of nitrogens with two attached hydrogens (primary N) is 1. The minimum absolute atomic E-state index is 0.152. The second-order valence-electron chi connectivity index (χ2n) is 6.19. The predicted octanol–water partition coefficient (Wildman–Crippen LogP) is 1.72. The molecular weight excluding hydrogens is 324 g/mol. The Morgan fingerprint density at radius 3 is 2.33 bits per heavy atom. The van der Waals surface area contributed by atoms with Crippen LogP contribution in [0.4, 0.5) is 0 Å². The molecule has 0 atom stereocenters. The van der Waals surface area contributed by atoms with Crippen LogP contribution >= 0.6 is 0 Å². The fourth-order valence-electron chi connectivity index (χ4n) is 2.50. The van der Waals surface area contributed by atoms with Gasteiger partial charge in [0.15, 0.2) is 0 Å². The monoisotopic (exact) mass is 346 g/mol. The van der Waals surface area contributed by atoms with Crippen molar-refractivity contribution in [3.05, 3.63) is 53.6 Å². The maximum atomic E-state index is 11.2. The van der Waals surface area contributed by atoms with Crippen molar-refractivity contribution in [2.24, 2.45) is 5.14 Å². The molecule has 1 aliphatic carbocycles. The third-order valence-corrected chi connectivity index (χ3v) is 5.00. The molecule has 24 heavy (non-hydrogen) atoms. The van der Waals surface area contributed by atoms with E-state index in [-0.39, 0.29) is 4.90 Å². The number of nitrogens with zero attached hydrogens (tertiary/aromatic N) is 2. The van der Waals surface area contributed by atoms with Gasteiger partial charge in [0.1, 0.15) is 5.82 Å². The first-order chi connectivity index (χ1) is 11.5. The first-order valence-electron chi connectivity index (χ1n) is 8.15. The Balaban J connectivity index is 1.37. The zero-order valence-electron chi connectivity index (χ0n) is 13.5. The van der Waals surface area contributed by atoms with Gasteiger partial charge < -0.3 is 5.32 Å². The van der Waals surface area contributed by atoms with E-state index in [0.717, 1.165) is 42.9 Å². The van der Waals surface area contributed by atoms with Gasteiger partial charge in [-0.1, -0.05) is 12.1 Å². The lowest BCUT2D eigenvalue weighted by Crippen LogP contribution is -2.16. The average molecular weight is 346 g/mol. The summed E-state index contributed by atoms with van der Waals surface area (Å²) in [6.45, 7) is 1.64. The summed E-state index contributed by atoms with van der Waals surface area (Å²) in [7, 11) is -3.61. The van der Waals surface area contributed by atoms with E-state index in [9.17, 15) is 8.42 Å². The lowest BCUT2D eigenvalue weighted by molar-refractivity contribution is 0.597. The van der Waals surface area contributed by atoms with Crippen LogP contribution in [0.1, 0.15) is 42.1 Å². The zero-order chi connectivity index (χ0) is 17.0. The molecule has 0 amide bonds. The molecule has 3 N–H and O–H groups in total. The Bertz CT molecular complexity index is 769. The molecule has 0 saturated heterocycles. The minimum atomic E-state index is -3.61. The highest BCUT2D eigenvalue weighted by molar-refractivity contribution is 7.89. The molecule has 1 aromatic carbocycles. The van der Waals surface area contributed by atoms with Crippen molar-refractivity contribution in [2.75, 3.05) is 6.54 Å². The summed E-state index contributed by atoms with van der Waals surface area (Å²) in [5.41, 5.74) is 2.19. The summed E-state index contributed by atoms with van der Waals surface area (Å²) >= 11 is 0. The normalized spacial score (nSPS) is 14.7. The lowest BCUT2D eigenvalue weighted by atomic mass is 10.1. The number of aromatic nitrogens is 2. The highest BCUT2D eigenvalue weighted by Gasteiger charge is 2.25. The number of primary sulfonamides is 1. The standard InChI is InChI=1S/C17H22N4O2S/c18-24(22,23)16-7-3-13(4-8-16)2-1-9-19-10-14-11-20-17(21-12-14)15-5-6-15/h3-4,7-8,11-12,15,19H,1-2,5-6,9-10H2,(H2,18,22,23). The molecule has 7 heteroatoms. The van der Waals surface area contributed by atoms with Crippen molar-refractivity contribution in [1.29, 1.82) is 0 Å². The van der Waals surface area contributed by atoms with E-state index in [4.69, 9.17) is 5.14 Å². The van der Waals surface area contributed by atoms with Gasteiger partial charge in [0, 0.05) is 30.4 Å². The van der Waals surface area contributed by atoms with Gasteiger partial charge in [-0.3, -0.25) is 0 Å². The van der Waals surface area contributed by atoms with E-state index in [1.54, 1.807) is 12.1 Å². The van der Waals surface area contributed by atoms with Crippen LogP contribution in [0.3, 0.4) is 0 Å². The molecule has 1 saturated carbocycles. The SMILES string of the molecule is NS(=O)(=O)c1ccc(CCCNCc2cnc(C3CC3)nc2)cc1. The number of hydrogen-bond acceptors (Lipinski definition) is 5. The Hall–Kier alpha value is -1.83. The van der Waals surface area contributed by atoms with Crippen molar-refractivity contribution < 1.29 is 8.42 Å². The van der Waals surface area contributed by atoms with E-state index in [2.05, 4.69) is 15.3 Å². The second-order valence-corrected chi connectivity index (χ2v) is 7.75. The Kier molecular flexibility index (Phi) is 5.23. The Labute approximate surface area is 142 Å². The average Bonchev–Trinajstić information content (AvgIpc) is 3.40. The van der Waals surface area contributed by atoms with Crippen LogP contribution in [0, 0.1) is 0 Å². The lowest BCUT2D eigenvalue weighted by Gasteiger charge is -2.06. The highest BCUT2D eigenvalue weighted by Crippen LogP contribution is 2.37. The van der Waals surface area contributed by atoms with Gasteiger partial charge >= 0.3 is 0 Å². The van der Waals surface area contributed by atoms with Crippen molar-refractivity contribution in [3.8, 4) is 0 Å². The molecule has 2 aromatic rings. The van der Waals surface area contributed by atoms with E-state index in [1.165, 1.54) is 12.8 Å². The number of nitrogens with one attached hydrogen (secondary N) is 1. The number of benzene rings is 1. The third-order valence-electron chi connectivity index (χ3n) is 4.07. The Morgan fingerprint density at radius 1 is 1.08 bits per heavy atom. The summed E-state index contributed by atoms with van der Waals surface area (Å²) in [5.74, 6) is 1.56. The smallest absolute Gasteiger partial charge is 0.238 e. The van der Waals surface area contributed by atoms with Gasteiger partial charge in [0.05, 0.1) is 4.90 Å². The maximum absolute atomic E-state index is 11.2. The quantitative estimate of drug-likeness (QED) is 0.709. The maximum Gasteiger partial charge on any atom is 0.238 e. The summed E-state index contributed by atoms with van der Waals surface area (Å²) in [4.78, 5) is 8.96. The molecule has 1 heterocycles. The van der Waals surface area contributed by atoms with Crippen molar-refractivity contribution in [1.82, 2.24) is 15.3 Å². The molecule has 1 aliphatic rings. The van der Waals surface area contributed by atoms with Gasteiger partial charge in [-0.2, -0.15) is 0 Å². The van der Waals surface area contributed by atoms with E-state index < -0.39 is 10.0 Å². The first kappa shape index (κ1) is 17.0. The highest BCUT2D eigenvalue weighted by atomic mass is 32.2. The summed E-state index contributed by atoms with van der Waals surface area (Å²) < 4.78 is 22.4. The third kappa shape index (κ3) is 4.83. The molecule has 0 spiro atoms. The minimum Gasteiger partial charge on any atom is -0.313 e. The van der Waals surface area contributed by atoms with Crippen molar-refractivity contribution in [3.63, 3.8) is 0 Å². The summed E-state index contributed by atoms with van der Waals surface area (Å²) in [6, 6.07) is 6.72. The molecule has 0 radical (unpaired) electrons. The molecule has 128 valence electrons. The van der Waals surface area contributed by atoms with Crippen LogP contribution in [-0.4, -0.2) is 24.9 Å². The molecule has 0 aliphatic heterocycles. The zero-order valence-corrected chi connectivity index (χ0v) is 14.3. The van der Waals surface area contributed by atoms with E-state index >= 15 is 0 Å². The molecule has 3 rings (SSSR count). The van der Waals surface area contributed by atoms with Crippen LogP contribution in [-0.2, 0) is 23.0 Å². The van der Waals surface area contributed by atoms with Gasteiger partial charge in [0.2, 0.25) is 10.0 Å². The van der Waals surface area contributed by atoms with Crippen molar-refractivity contribution in [2.45, 2.75) is 43.0 Å². The van der Waals surface area contributed by atoms with Gasteiger partial charge in [-0.15, -0.1) is 0 Å². The number of rotatable bonds is 8. The van der Waals surface area contributed by atoms with E-state index in [1.807, 2.05) is 24.5 Å².